The maximum absolute atomic E-state index is 11.4. The van der Waals surface area contributed by atoms with Gasteiger partial charge in [-0.15, -0.1) is 0 Å². The zero-order valence-corrected chi connectivity index (χ0v) is 11.3. The molecule has 0 bridgehead atoms. The number of benzene rings is 2. The van der Waals surface area contributed by atoms with Crippen LogP contribution >= 0.6 is 0 Å². The van der Waals surface area contributed by atoms with Crippen molar-refractivity contribution in [3.05, 3.63) is 48.0 Å². The summed E-state index contributed by atoms with van der Waals surface area (Å²) in [4.78, 5) is 11.4. The summed E-state index contributed by atoms with van der Waals surface area (Å²) in [6, 6.07) is 11.9. The predicted molar refractivity (Wildman–Crippen MR) is 75.3 cm³/mol. The summed E-state index contributed by atoms with van der Waals surface area (Å²) in [5, 5.41) is 0. The maximum Gasteiger partial charge on any atom is 0.337 e. The van der Waals surface area contributed by atoms with Crippen molar-refractivity contribution < 1.29 is 19.0 Å². The summed E-state index contributed by atoms with van der Waals surface area (Å²) in [5.74, 6) is 1.31. The highest BCUT2D eigenvalue weighted by Gasteiger charge is 2.09. The van der Waals surface area contributed by atoms with Gasteiger partial charge < -0.3 is 19.9 Å². The molecule has 20 heavy (non-hydrogen) atoms. The van der Waals surface area contributed by atoms with Gasteiger partial charge in [0.05, 0.1) is 25.5 Å². The van der Waals surface area contributed by atoms with E-state index in [4.69, 9.17) is 15.2 Å². The van der Waals surface area contributed by atoms with Crippen molar-refractivity contribution in [1.82, 2.24) is 0 Å². The van der Waals surface area contributed by atoms with Gasteiger partial charge >= 0.3 is 5.97 Å². The Morgan fingerprint density at radius 1 is 1.05 bits per heavy atom. The van der Waals surface area contributed by atoms with E-state index in [0.717, 1.165) is 0 Å². The fraction of sp³-hybridized carbons (Fsp3) is 0.133. The van der Waals surface area contributed by atoms with Gasteiger partial charge in [-0.1, -0.05) is 6.07 Å². The Bertz CT molecular complexity index is 625. The highest BCUT2D eigenvalue weighted by Crippen LogP contribution is 2.30. The molecule has 0 aliphatic carbocycles. The molecule has 0 fully saturated rings. The molecule has 2 aromatic rings. The Balaban J connectivity index is 2.23. The summed E-state index contributed by atoms with van der Waals surface area (Å²) in [7, 11) is 2.90. The highest BCUT2D eigenvalue weighted by atomic mass is 16.5. The molecule has 2 rings (SSSR count). The zero-order valence-electron chi connectivity index (χ0n) is 11.3. The van der Waals surface area contributed by atoms with Crippen LogP contribution in [0.1, 0.15) is 10.4 Å². The normalized spacial score (nSPS) is 9.90. The van der Waals surface area contributed by atoms with E-state index >= 15 is 0 Å². The molecule has 5 nitrogen and oxygen atoms in total. The van der Waals surface area contributed by atoms with Crippen molar-refractivity contribution in [2.24, 2.45) is 0 Å². The minimum Gasteiger partial charge on any atom is -0.497 e. The molecule has 2 N–H and O–H groups in total. The number of ether oxygens (including phenoxy) is 3. The Hall–Kier alpha value is -2.69. The molecule has 0 radical (unpaired) electrons. The van der Waals surface area contributed by atoms with Crippen LogP contribution in [0, 0.1) is 0 Å². The second kappa shape index (κ2) is 5.97. The van der Waals surface area contributed by atoms with E-state index in [1.807, 2.05) is 12.1 Å². The van der Waals surface area contributed by atoms with Crippen molar-refractivity contribution in [2.45, 2.75) is 0 Å². The average molecular weight is 273 g/mol. The first kappa shape index (κ1) is 13.7. The first-order chi connectivity index (χ1) is 9.63. The molecular weight excluding hydrogens is 258 g/mol. The quantitative estimate of drug-likeness (QED) is 0.685. The molecule has 0 unspecified atom stereocenters. The van der Waals surface area contributed by atoms with Crippen molar-refractivity contribution in [3.8, 4) is 17.2 Å². The number of hydrogen-bond donors (Lipinski definition) is 1. The molecule has 0 saturated heterocycles. The number of rotatable bonds is 4. The van der Waals surface area contributed by atoms with Gasteiger partial charge in [-0.05, 0) is 30.3 Å². The number of carbonyl (C=O) groups excluding carboxylic acids is 1. The third-order valence-electron chi connectivity index (χ3n) is 2.70. The molecule has 0 aliphatic heterocycles. The number of hydrogen-bond acceptors (Lipinski definition) is 5. The smallest absolute Gasteiger partial charge is 0.337 e. The van der Waals surface area contributed by atoms with E-state index in [2.05, 4.69) is 4.74 Å². The number of methoxy groups -OCH3 is 2. The van der Waals surface area contributed by atoms with E-state index in [-0.39, 0.29) is 0 Å². The lowest BCUT2D eigenvalue weighted by Crippen LogP contribution is -2.02. The van der Waals surface area contributed by atoms with Gasteiger partial charge in [0.15, 0.2) is 0 Å². The SMILES string of the molecule is COC(=O)c1ccc(Oc2cccc(OC)c2)c(N)c1. The van der Waals surface area contributed by atoms with Crippen LogP contribution in [-0.4, -0.2) is 20.2 Å². The van der Waals surface area contributed by atoms with Gasteiger partial charge in [0.2, 0.25) is 0 Å². The molecule has 0 atom stereocenters. The Kier molecular flexibility index (Phi) is 4.10. The van der Waals surface area contributed by atoms with Crippen molar-refractivity contribution >= 4 is 11.7 Å². The van der Waals surface area contributed by atoms with Gasteiger partial charge in [0.1, 0.15) is 17.2 Å². The Labute approximate surface area is 116 Å². The third-order valence-corrected chi connectivity index (χ3v) is 2.70. The summed E-state index contributed by atoms with van der Waals surface area (Å²) < 4.78 is 15.4. The van der Waals surface area contributed by atoms with Crippen LogP contribution in [0.4, 0.5) is 5.69 Å². The third kappa shape index (κ3) is 3.00. The molecule has 5 heteroatoms. The van der Waals surface area contributed by atoms with Gasteiger partial charge in [0, 0.05) is 6.07 Å². The van der Waals surface area contributed by atoms with Gasteiger partial charge in [-0.2, -0.15) is 0 Å². The van der Waals surface area contributed by atoms with Crippen molar-refractivity contribution in [2.75, 3.05) is 20.0 Å². The van der Waals surface area contributed by atoms with E-state index in [1.165, 1.54) is 13.2 Å². The summed E-state index contributed by atoms with van der Waals surface area (Å²) in [5.41, 5.74) is 6.60. The van der Waals surface area contributed by atoms with Crippen LogP contribution in [0.5, 0.6) is 17.2 Å². The lowest BCUT2D eigenvalue weighted by atomic mass is 10.2. The van der Waals surface area contributed by atoms with Crippen LogP contribution in [0.3, 0.4) is 0 Å². The Morgan fingerprint density at radius 3 is 2.45 bits per heavy atom. The summed E-state index contributed by atoms with van der Waals surface area (Å²) >= 11 is 0. The molecule has 104 valence electrons. The van der Waals surface area contributed by atoms with E-state index in [1.54, 1.807) is 31.4 Å². The number of anilines is 1. The molecule has 2 aromatic carbocycles. The summed E-state index contributed by atoms with van der Waals surface area (Å²) in [6.07, 6.45) is 0. The molecule has 0 heterocycles. The number of carbonyl (C=O) groups is 1. The molecule has 0 amide bonds. The summed E-state index contributed by atoms with van der Waals surface area (Å²) in [6.45, 7) is 0. The zero-order chi connectivity index (χ0) is 14.5. The largest absolute Gasteiger partial charge is 0.497 e. The second-order valence-corrected chi connectivity index (χ2v) is 4.03. The number of nitrogen functional groups attached to an aromatic ring is 1. The molecular formula is C15H15NO4. The van der Waals surface area contributed by atoms with Crippen molar-refractivity contribution in [3.63, 3.8) is 0 Å². The standard InChI is InChI=1S/C15H15NO4/c1-18-11-4-3-5-12(9-11)20-14-7-6-10(8-13(14)16)15(17)19-2/h3-9H,16H2,1-2H3. The topological polar surface area (TPSA) is 70.8 Å². The first-order valence-corrected chi connectivity index (χ1v) is 5.94. The number of esters is 1. The van der Waals surface area contributed by atoms with Crippen molar-refractivity contribution in [1.29, 1.82) is 0 Å². The van der Waals surface area contributed by atoms with Crippen LogP contribution in [0.2, 0.25) is 0 Å². The van der Waals surface area contributed by atoms with Crippen LogP contribution < -0.4 is 15.2 Å². The maximum atomic E-state index is 11.4. The average Bonchev–Trinajstić information content (AvgIpc) is 2.48. The van der Waals surface area contributed by atoms with E-state index in [0.29, 0.717) is 28.5 Å². The van der Waals surface area contributed by atoms with E-state index in [9.17, 15) is 4.79 Å². The van der Waals surface area contributed by atoms with Crippen LogP contribution in [0.25, 0.3) is 0 Å². The Morgan fingerprint density at radius 2 is 1.80 bits per heavy atom. The fourth-order valence-electron chi connectivity index (χ4n) is 1.68. The van der Waals surface area contributed by atoms with E-state index < -0.39 is 5.97 Å². The lowest BCUT2D eigenvalue weighted by molar-refractivity contribution is 0.0601. The van der Waals surface area contributed by atoms with Crippen LogP contribution in [-0.2, 0) is 4.74 Å². The highest BCUT2D eigenvalue weighted by molar-refractivity contribution is 5.90. The fourth-order valence-corrected chi connectivity index (χ4v) is 1.68. The number of nitrogens with two attached hydrogens (primary N) is 1. The van der Waals surface area contributed by atoms with Crippen LogP contribution in [0.15, 0.2) is 42.5 Å². The minimum absolute atomic E-state index is 0.357. The minimum atomic E-state index is -0.440. The second-order valence-electron chi connectivity index (χ2n) is 4.03. The predicted octanol–water partition coefficient (Wildman–Crippen LogP) is 2.86. The monoisotopic (exact) mass is 273 g/mol. The molecule has 0 aromatic heterocycles. The molecule has 0 spiro atoms. The molecule has 0 saturated carbocycles. The first-order valence-electron chi connectivity index (χ1n) is 5.94. The van der Waals surface area contributed by atoms with Gasteiger partial charge in [0.25, 0.3) is 0 Å². The lowest BCUT2D eigenvalue weighted by Gasteiger charge is -2.10. The van der Waals surface area contributed by atoms with Gasteiger partial charge in [-0.25, -0.2) is 4.79 Å². The molecule has 0 aliphatic rings. The van der Waals surface area contributed by atoms with Gasteiger partial charge in [-0.3, -0.25) is 0 Å².